The molecule has 0 spiro atoms. The maximum Gasteiger partial charge on any atom is 0.249 e. The molecular weight excluding hydrogens is 473 g/mol. The third-order valence-electron chi connectivity index (χ3n) is 6.70. The minimum atomic E-state index is -1.03. The van der Waals surface area contributed by atoms with E-state index in [4.69, 9.17) is 4.74 Å². The van der Waals surface area contributed by atoms with Crippen molar-refractivity contribution in [2.45, 2.75) is 44.3 Å². The van der Waals surface area contributed by atoms with Crippen LogP contribution in [0.3, 0.4) is 0 Å². The smallest absolute Gasteiger partial charge is 0.249 e. The first-order chi connectivity index (χ1) is 18.0. The predicted octanol–water partition coefficient (Wildman–Crippen LogP) is 4.41. The van der Waals surface area contributed by atoms with Crippen molar-refractivity contribution >= 4 is 28.5 Å². The molecule has 1 atom stereocenters. The van der Waals surface area contributed by atoms with Gasteiger partial charge in [-0.25, -0.2) is 9.07 Å². The summed E-state index contributed by atoms with van der Waals surface area (Å²) in [6.07, 6.45) is 3.87. The molecule has 0 bridgehead atoms. The Labute approximate surface area is 214 Å². The Morgan fingerprint density at radius 2 is 1.84 bits per heavy atom. The lowest BCUT2D eigenvalue weighted by atomic mass is 10.0. The van der Waals surface area contributed by atoms with E-state index in [1.54, 1.807) is 36.4 Å². The summed E-state index contributed by atoms with van der Waals surface area (Å²) in [4.78, 5) is 29.3. The van der Waals surface area contributed by atoms with Crippen molar-refractivity contribution in [1.29, 1.82) is 0 Å². The number of anilines is 1. The number of carbonyl (C=O) groups is 2. The number of hydrogen-bond acceptors (Lipinski definition) is 5. The second kappa shape index (κ2) is 10.8. The Morgan fingerprint density at radius 3 is 2.59 bits per heavy atom. The molecule has 1 fully saturated rings. The highest BCUT2D eigenvalue weighted by Gasteiger charge is 2.35. The standard InChI is InChI=1S/C28H28FN5O3/c1-37-23-10-6-9-22(17-23)34(26(35)18-33-25-12-5-4-11-24(25)31-32-33)27(19-13-15-20(29)16-14-19)28(36)30-21-7-2-3-8-21/h4-6,9-17,21,27H,2-3,7-8,18H2,1H3,(H,30,36)/t27-/m0/s1. The Hall–Kier alpha value is -4.27. The molecule has 1 aliphatic carbocycles. The molecule has 2 amide bonds. The van der Waals surface area contributed by atoms with E-state index in [9.17, 15) is 14.0 Å². The molecule has 8 nitrogen and oxygen atoms in total. The Balaban J connectivity index is 1.58. The fourth-order valence-electron chi connectivity index (χ4n) is 4.85. The molecule has 3 aromatic carbocycles. The average molecular weight is 502 g/mol. The van der Waals surface area contributed by atoms with Crippen molar-refractivity contribution in [2.24, 2.45) is 0 Å². The highest BCUT2D eigenvalue weighted by molar-refractivity contribution is 6.01. The number of methoxy groups -OCH3 is 1. The largest absolute Gasteiger partial charge is 0.497 e. The molecule has 0 radical (unpaired) electrons. The highest BCUT2D eigenvalue weighted by Crippen LogP contribution is 2.32. The molecule has 1 N–H and O–H groups in total. The first-order valence-electron chi connectivity index (χ1n) is 12.3. The third kappa shape index (κ3) is 5.30. The molecule has 4 aromatic rings. The number of nitrogens with zero attached hydrogens (tertiary/aromatic N) is 4. The van der Waals surface area contributed by atoms with Gasteiger partial charge in [0.05, 0.1) is 12.6 Å². The number of benzene rings is 3. The van der Waals surface area contributed by atoms with Gasteiger partial charge in [-0.1, -0.05) is 48.4 Å². The van der Waals surface area contributed by atoms with Crippen molar-refractivity contribution in [1.82, 2.24) is 20.3 Å². The van der Waals surface area contributed by atoms with E-state index in [0.717, 1.165) is 25.7 Å². The van der Waals surface area contributed by atoms with E-state index in [1.165, 1.54) is 28.8 Å². The second-order valence-corrected chi connectivity index (χ2v) is 9.15. The van der Waals surface area contributed by atoms with Crippen LogP contribution in [0.1, 0.15) is 37.3 Å². The van der Waals surface area contributed by atoms with Gasteiger partial charge in [-0.3, -0.25) is 14.5 Å². The monoisotopic (exact) mass is 501 g/mol. The molecule has 9 heteroatoms. The van der Waals surface area contributed by atoms with Gasteiger partial charge in [0.15, 0.2) is 0 Å². The van der Waals surface area contributed by atoms with Crippen molar-refractivity contribution in [3.8, 4) is 5.75 Å². The molecule has 1 saturated carbocycles. The summed E-state index contributed by atoms with van der Waals surface area (Å²) in [6.45, 7) is -0.147. The lowest BCUT2D eigenvalue weighted by molar-refractivity contribution is -0.127. The zero-order valence-electron chi connectivity index (χ0n) is 20.5. The fourth-order valence-corrected chi connectivity index (χ4v) is 4.85. The number of ether oxygens (including phenoxy) is 1. The summed E-state index contributed by atoms with van der Waals surface area (Å²) in [5.74, 6) is -0.583. The summed E-state index contributed by atoms with van der Waals surface area (Å²) >= 11 is 0. The van der Waals surface area contributed by atoms with Gasteiger partial charge in [0.1, 0.15) is 29.7 Å². The topological polar surface area (TPSA) is 89.3 Å². The van der Waals surface area contributed by atoms with Crippen molar-refractivity contribution in [3.63, 3.8) is 0 Å². The van der Waals surface area contributed by atoms with E-state index >= 15 is 0 Å². The van der Waals surface area contributed by atoms with Gasteiger partial charge in [-0.15, -0.1) is 5.10 Å². The zero-order valence-corrected chi connectivity index (χ0v) is 20.5. The number of para-hydroxylation sites is 1. The van der Waals surface area contributed by atoms with Crippen LogP contribution in [0.5, 0.6) is 5.75 Å². The Kier molecular flexibility index (Phi) is 7.11. The number of rotatable bonds is 8. The summed E-state index contributed by atoms with van der Waals surface area (Å²) in [5.41, 5.74) is 2.34. The van der Waals surface area contributed by atoms with Crippen LogP contribution >= 0.6 is 0 Å². The number of fused-ring (bicyclic) bond motifs is 1. The van der Waals surface area contributed by atoms with Crippen LogP contribution in [0.25, 0.3) is 11.0 Å². The number of aromatic nitrogens is 3. The molecule has 190 valence electrons. The summed E-state index contributed by atoms with van der Waals surface area (Å²) in [5, 5.41) is 11.4. The van der Waals surface area contributed by atoms with Crippen molar-refractivity contribution in [2.75, 3.05) is 12.0 Å². The highest BCUT2D eigenvalue weighted by atomic mass is 19.1. The maximum absolute atomic E-state index is 14.0. The van der Waals surface area contributed by atoms with Gasteiger partial charge in [-0.05, 0) is 54.8 Å². The predicted molar refractivity (Wildman–Crippen MR) is 138 cm³/mol. The van der Waals surface area contributed by atoms with Gasteiger partial charge in [0.25, 0.3) is 0 Å². The van der Waals surface area contributed by atoms with Crippen LogP contribution in [0.15, 0.2) is 72.8 Å². The van der Waals surface area contributed by atoms with Crippen molar-refractivity contribution < 1.29 is 18.7 Å². The number of nitrogens with one attached hydrogen (secondary N) is 1. The third-order valence-corrected chi connectivity index (χ3v) is 6.70. The fraction of sp³-hybridized carbons (Fsp3) is 0.286. The summed E-state index contributed by atoms with van der Waals surface area (Å²) < 4.78 is 20.8. The van der Waals surface area contributed by atoms with E-state index in [-0.39, 0.29) is 24.4 Å². The Bertz CT molecular complexity index is 1400. The van der Waals surface area contributed by atoms with Gasteiger partial charge in [0, 0.05) is 17.8 Å². The van der Waals surface area contributed by atoms with E-state index < -0.39 is 11.9 Å². The molecular formula is C28H28FN5O3. The first kappa shape index (κ1) is 24.4. The number of halogens is 1. The Morgan fingerprint density at radius 1 is 1.08 bits per heavy atom. The number of hydrogen-bond donors (Lipinski definition) is 1. The van der Waals surface area contributed by atoms with E-state index in [0.29, 0.717) is 28.0 Å². The van der Waals surface area contributed by atoms with Crippen molar-refractivity contribution in [3.05, 3.63) is 84.2 Å². The molecule has 0 saturated heterocycles. The molecule has 1 aromatic heterocycles. The van der Waals surface area contributed by atoms with Gasteiger partial charge in [-0.2, -0.15) is 0 Å². The molecule has 0 aliphatic heterocycles. The minimum Gasteiger partial charge on any atom is -0.497 e. The minimum absolute atomic E-state index is 0.0389. The first-order valence-corrected chi connectivity index (χ1v) is 12.3. The van der Waals surface area contributed by atoms with Crippen LogP contribution in [0, 0.1) is 5.82 Å². The average Bonchev–Trinajstić information content (AvgIpc) is 3.58. The van der Waals surface area contributed by atoms with Crippen LogP contribution in [0.4, 0.5) is 10.1 Å². The lowest BCUT2D eigenvalue weighted by Crippen LogP contribution is -2.47. The van der Waals surface area contributed by atoms with Gasteiger partial charge < -0.3 is 10.1 Å². The lowest BCUT2D eigenvalue weighted by Gasteiger charge is -2.32. The molecule has 1 heterocycles. The van der Waals surface area contributed by atoms with Crippen LogP contribution in [0.2, 0.25) is 0 Å². The molecule has 37 heavy (non-hydrogen) atoms. The van der Waals surface area contributed by atoms with E-state index in [2.05, 4.69) is 15.6 Å². The van der Waals surface area contributed by atoms with Crippen LogP contribution < -0.4 is 15.0 Å². The van der Waals surface area contributed by atoms with Crippen LogP contribution in [-0.2, 0) is 16.1 Å². The number of carbonyl (C=O) groups excluding carboxylic acids is 2. The SMILES string of the molecule is COc1cccc(N(C(=O)Cn2nnc3ccccc32)[C@H](C(=O)NC2CCCC2)c2ccc(F)cc2)c1. The zero-order chi connectivity index (χ0) is 25.8. The quantitative estimate of drug-likeness (QED) is 0.386. The van der Waals surface area contributed by atoms with Crippen LogP contribution in [-0.4, -0.2) is 40.0 Å². The summed E-state index contributed by atoms with van der Waals surface area (Å²) in [6, 6.07) is 19.0. The van der Waals surface area contributed by atoms with Gasteiger partial charge >= 0.3 is 0 Å². The number of amides is 2. The molecule has 5 rings (SSSR count). The van der Waals surface area contributed by atoms with E-state index in [1.807, 2.05) is 24.3 Å². The molecule has 1 aliphatic rings. The molecule has 0 unspecified atom stereocenters. The van der Waals surface area contributed by atoms with Gasteiger partial charge in [0.2, 0.25) is 11.8 Å². The second-order valence-electron chi connectivity index (χ2n) is 9.15. The summed E-state index contributed by atoms with van der Waals surface area (Å²) in [7, 11) is 1.54. The maximum atomic E-state index is 14.0. The normalized spacial score (nSPS) is 14.4.